The Morgan fingerprint density at radius 1 is 1.29 bits per heavy atom. The minimum Gasteiger partial charge on any atom is -0.382 e. The van der Waals surface area contributed by atoms with Crippen LogP contribution in [0.1, 0.15) is 68.2 Å². The Balaban J connectivity index is 1.56. The van der Waals surface area contributed by atoms with Crippen molar-refractivity contribution in [2.24, 2.45) is 0 Å². The molecule has 12 heteroatoms. The molecule has 1 aliphatic rings. The number of nitrogens with zero attached hydrogens (tertiary/aromatic N) is 4. The summed E-state index contributed by atoms with van der Waals surface area (Å²) in [6.07, 6.45) is -0.865. The molecular formula is C26H27ClF4N6O. The molecule has 2 heterocycles. The third-order valence-electron chi connectivity index (χ3n) is 6.46. The zero-order valence-corrected chi connectivity index (χ0v) is 21.8. The van der Waals surface area contributed by atoms with Crippen molar-refractivity contribution in [2.45, 2.75) is 76.4 Å². The van der Waals surface area contributed by atoms with E-state index in [0.717, 1.165) is 6.07 Å². The topological polar surface area (TPSA) is 95.6 Å². The number of rotatable bonds is 6. The van der Waals surface area contributed by atoms with Gasteiger partial charge in [-0.25, -0.2) is 9.37 Å². The van der Waals surface area contributed by atoms with Crippen molar-refractivity contribution in [1.82, 2.24) is 20.1 Å². The lowest BCUT2D eigenvalue weighted by Crippen LogP contribution is -2.51. The molecule has 0 saturated heterocycles. The summed E-state index contributed by atoms with van der Waals surface area (Å²) < 4.78 is 55.9. The largest absolute Gasteiger partial charge is 0.433 e. The summed E-state index contributed by atoms with van der Waals surface area (Å²) in [5.41, 5.74) is -2.97. The lowest BCUT2D eigenvalue weighted by molar-refractivity contribution is -0.140. The zero-order valence-electron chi connectivity index (χ0n) is 21.1. The summed E-state index contributed by atoms with van der Waals surface area (Å²) in [4.78, 5) is 16.9. The Morgan fingerprint density at radius 2 is 2.03 bits per heavy atom. The summed E-state index contributed by atoms with van der Waals surface area (Å²) in [5.74, 6) is -0.520. The Labute approximate surface area is 222 Å². The van der Waals surface area contributed by atoms with Gasteiger partial charge in [-0.2, -0.15) is 23.5 Å². The Hall–Kier alpha value is -3.39. The van der Waals surface area contributed by atoms with Crippen LogP contribution in [-0.4, -0.2) is 37.9 Å². The van der Waals surface area contributed by atoms with Crippen LogP contribution < -0.4 is 10.6 Å². The Kier molecular flexibility index (Phi) is 7.32. The van der Waals surface area contributed by atoms with Crippen LogP contribution in [0.25, 0.3) is 10.9 Å². The van der Waals surface area contributed by atoms with Crippen molar-refractivity contribution in [3.8, 4) is 6.07 Å². The molecule has 38 heavy (non-hydrogen) atoms. The first-order valence-electron chi connectivity index (χ1n) is 12.1. The van der Waals surface area contributed by atoms with Gasteiger partial charge in [-0.15, -0.1) is 0 Å². The van der Waals surface area contributed by atoms with E-state index in [9.17, 15) is 27.6 Å². The van der Waals surface area contributed by atoms with Gasteiger partial charge in [-0.1, -0.05) is 11.6 Å². The third-order valence-corrected chi connectivity index (χ3v) is 6.70. The molecule has 202 valence electrons. The molecule has 1 saturated carbocycles. The second kappa shape index (κ2) is 10.1. The van der Waals surface area contributed by atoms with E-state index in [-0.39, 0.29) is 35.0 Å². The van der Waals surface area contributed by atoms with Gasteiger partial charge < -0.3 is 10.6 Å². The highest BCUT2D eigenvalue weighted by Gasteiger charge is 2.37. The summed E-state index contributed by atoms with van der Waals surface area (Å²) in [6.45, 7) is 4.47. The average Bonchev–Trinajstić information content (AvgIpc) is 3.19. The van der Waals surface area contributed by atoms with Crippen LogP contribution in [0.5, 0.6) is 0 Å². The molecule has 1 amide bonds. The molecule has 1 aromatic carbocycles. The number of nitriles is 1. The van der Waals surface area contributed by atoms with E-state index in [2.05, 4.69) is 20.7 Å². The fourth-order valence-corrected chi connectivity index (χ4v) is 5.06. The van der Waals surface area contributed by atoms with Gasteiger partial charge in [0.15, 0.2) is 5.69 Å². The summed E-state index contributed by atoms with van der Waals surface area (Å²) >= 11 is 6.11. The first-order chi connectivity index (χ1) is 17.7. The number of alkyl halides is 4. The second-order valence-electron chi connectivity index (χ2n) is 10.6. The Morgan fingerprint density at radius 3 is 2.68 bits per heavy atom. The van der Waals surface area contributed by atoms with E-state index in [1.165, 1.54) is 36.9 Å². The molecule has 3 aromatic rings. The molecule has 1 unspecified atom stereocenters. The molecule has 4 rings (SSSR count). The van der Waals surface area contributed by atoms with E-state index in [0.29, 0.717) is 36.1 Å². The highest BCUT2D eigenvalue weighted by Crippen LogP contribution is 2.36. The number of pyridine rings is 1. The van der Waals surface area contributed by atoms with Crippen LogP contribution in [0.15, 0.2) is 30.5 Å². The molecule has 0 spiro atoms. The fourth-order valence-electron chi connectivity index (χ4n) is 4.88. The van der Waals surface area contributed by atoms with Crippen molar-refractivity contribution >= 4 is 34.1 Å². The number of carbonyl (C=O) groups excluding carboxylic acids is 1. The first-order valence-corrected chi connectivity index (χ1v) is 12.5. The van der Waals surface area contributed by atoms with Crippen LogP contribution in [0.2, 0.25) is 5.02 Å². The number of hydrogen-bond acceptors (Lipinski definition) is 5. The summed E-state index contributed by atoms with van der Waals surface area (Å²) in [6, 6.07) is 7.09. The zero-order chi connectivity index (χ0) is 27.9. The average molecular weight is 551 g/mol. The van der Waals surface area contributed by atoms with Gasteiger partial charge in [0.2, 0.25) is 0 Å². The number of benzene rings is 1. The number of fused-ring (bicyclic) bond motifs is 1. The molecule has 2 atom stereocenters. The maximum Gasteiger partial charge on any atom is 0.433 e. The van der Waals surface area contributed by atoms with Gasteiger partial charge in [-0.05, 0) is 70.7 Å². The van der Waals surface area contributed by atoms with Gasteiger partial charge in [0, 0.05) is 33.9 Å². The number of anilines is 1. The van der Waals surface area contributed by atoms with Gasteiger partial charge in [0.1, 0.15) is 17.4 Å². The number of hydrogen-bond donors (Lipinski definition) is 2. The van der Waals surface area contributed by atoms with Crippen molar-refractivity contribution in [1.29, 1.82) is 5.26 Å². The standard InChI is InChI=1S/C26H27ClF4N6O/c1-24(2,28)14-37-13-18(21(12-32)36-37)23(38)35-25(3)8-4-5-16(11-25)33-20-10-22(26(29,30)31)34-19-7-6-15(27)9-17(19)20/h6-7,9-10,13,16H,4-5,8,11,14H2,1-3H3,(H,33,34)(H,35,38)/t16-,25?/m0/s1. The van der Waals surface area contributed by atoms with E-state index in [1.54, 1.807) is 6.07 Å². The number of halogens is 5. The maximum absolute atomic E-state index is 14.1. The predicted octanol–water partition coefficient (Wildman–Crippen LogP) is 6.27. The molecular weight excluding hydrogens is 524 g/mol. The molecule has 1 aliphatic carbocycles. The minimum absolute atomic E-state index is 0.0395. The van der Waals surface area contributed by atoms with Crippen molar-refractivity contribution < 1.29 is 22.4 Å². The number of amides is 1. The van der Waals surface area contributed by atoms with Crippen LogP contribution in [0, 0.1) is 11.3 Å². The molecule has 2 aromatic heterocycles. The molecule has 2 N–H and O–H groups in total. The van der Waals surface area contributed by atoms with Crippen molar-refractivity contribution in [3.63, 3.8) is 0 Å². The van der Waals surface area contributed by atoms with Gasteiger partial charge in [0.05, 0.1) is 17.6 Å². The van der Waals surface area contributed by atoms with Crippen LogP contribution in [-0.2, 0) is 12.7 Å². The summed E-state index contributed by atoms with van der Waals surface area (Å²) in [5, 5.41) is 20.5. The number of aromatic nitrogens is 3. The predicted molar refractivity (Wildman–Crippen MR) is 136 cm³/mol. The van der Waals surface area contributed by atoms with E-state index < -0.39 is 29.0 Å². The van der Waals surface area contributed by atoms with Gasteiger partial charge in [-0.3, -0.25) is 9.48 Å². The highest BCUT2D eigenvalue weighted by atomic mass is 35.5. The van der Waals surface area contributed by atoms with Crippen LogP contribution in [0.3, 0.4) is 0 Å². The molecule has 0 bridgehead atoms. The Bertz CT molecular complexity index is 1410. The highest BCUT2D eigenvalue weighted by molar-refractivity contribution is 6.31. The number of nitrogens with one attached hydrogen (secondary N) is 2. The monoisotopic (exact) mass is 550 g/mol. The molecule has 0 radical (unpaired) electrons. The SMILES string of the molecule is CC(C)(F)Cn1cc(C(=O)NC2(C)CCC[C@H](Nc3cc(C(F)(F)F)nc4ccc(Cl)cc34)C2)c(C#N)n1. The smallest absolute Gasteiger partial charge is 0.382 e. The van der Waals surface area contributed by atoms with E-state index in [4.69, 9.17) is 11.6 Å². The quantitative estimate of drug-likeness (QED) is 0.353. The number of carbonyl (C=O) groups is 1. The maximum atomic E-state index is 14.1. The third kappa shape index (κ3) is 6.35. The molecule has 1 fully saturated rings. The van der Waals surface area contributed by atoms with Crippen LogP contribution in [0.4, 0.5) is 23.2 Å². The lowest BCUT2D eigenvalue weighted by atomic mass is 9.80. The van der Waals surface area contributed by atoms with Gasteiger partial charge in [0.25, 0.3) is 5.91 Å². The minimum atomic E-state index is -4.63. The lowest BCUT2D eigenvalue weighted by Gasteiger charge is -2.39. The second-order valence-corrected chi connectivity index (χ2v) is 11.0. The normalized spacial score (nSPS) is 20.2. The van der Waals surface area contributed by atoms with Crippen molar-refractivity contribution in [2.75, 3.05) is 5.32 Å². The van der Waals surface area contributed by atoms with Gasteiger partial charge >= 0.3 is 6.18 Å². The van der Waals surface area contributed by atoms with E-state index >= 15 is 0 Å². The molecule has 0 aliphatic heterocycles. The first kappa shape index (κ1) is 27.6. The van der Waals surface area contributed by atoms with Crippen LogP contribution >= 0.6 is 11.6 Å². The molecule has 7 nitrogen and oxygen atoms in total. The fraction of sp³-hybridized carbons (Fsp3) is 0.462. The summed E-state index contributed by atoms with van der Waals surface area (Å²) in [7, 11) is 0. The van der Waals surface area contributed by atoms with E-state index in [1.807, 2.05) is 13.0 Å². The van der Waals surface area contributed by atoms with Crippen molar-refractivity contribution in [3.05, 3.63) is 52.4 Å².